The third-order valence-corrected chi connectivity index (χ3v) is 2.01. The quantitative estimate of drug-likeness (QED) is 0.768. The minimum atomic E-state index is -0.220. The average molecular weight is 180 g/mol. The van der Waals surface area contributed by atoms with Crippen LogP contribution in [0.15, 0.2) is 24.3 Å². The van der Waals surface area contributed by atoms with Gasteiger partial charge >= 0.3 is 0 Å². The van der Waals surface area contributed by atoms with Crippen molar-refractivity contribution >= 4 is 0 Å². The smallest absolute Gasteiger partial charge is 0.118 e. The predicted octanol–water partition coefficient (Wildman–Crippen LogP) is 2.01. The van der Waals surface area contributed by atoms with Gasteiger partial charge in [0.15, 0.2) is 0 Å². The molecular weight excluding hydrogens is 164 g/mol. The monoisotopic (exact) mass is 180 g/mol. The van der Waals surface area contributed by atoms with Gasteiger partial charge in [-0.15, -0.1) is 0 Å². The molecule has 0 aromatic heterocycles. The van der Waals surface area contributed by atoms with Crippen molar-refractivity contribution in [1.29, 1.82) is 0 Å². The lowest BCUT2D eigenvalue weighted by molar-refractivity contribution is 0.185. The number of aliphatic hydroxyl groups excluding tert-OH is 1. The first kappa shape index (κ1) is 10.1. The highest BCUT2D eigenvalue weighted by atomic mass is 16.5. The minimum Gasteiger partial charge on any atom is -0.497 e. The third-order valence-electron chi connectivity index (χ3n) is 2.01. The number of ether oxygens (including phenoxy) is 1. The van der Waals surface area contributed by atoms with E-state index in [0.717, 1.165) is 18.6 Å². The lowest BCUT2D eigenvalue weighted by Gasteiger charge is -2.05. The number of aryl methyl sites for hydroxylation is 1. The number of hydrogen-bond acceptors (Lipinski definition) is 2. The molecule has 1 aromatic carbocycles. The van der Waals surface area contributed by atoms with Gasteiger partial charge in [0.1, 0.15) is 5.75 Å². The van der Waals surface area contributed by atoms with Crippen molar-refractivity contribution in [3.8, 4) is 5.75 Å². The first-order valence-electron chi connectivity index (χ1n) is 4.53. The van der Waals surface area contributed by atoms with Gasteiger partial charge in [-0.05, 0) is 37.5 Å². The van der Waals surface area contributed by atoms with E-state index in [2.05, 4.69) is 0 Å². The van der Waals surface area contributed by atoms with Crippen LogP contribution in [0.3, 0.4) is 0 Å². The van der Waals surface area contributed by atoms with Crippen LogP contribution in [0.2, 0.25) is 0 Å². The van der Waals surface area contributed by atoms with Crippen molar-refractivity contribution < 1.29 is 9.84 Å². The Morgan fingerprint density at radius 2 is 1.92 bits per heavy atom. The Hall–Kier alpha value is -1.02. The van der Waals surface area contributed by atoms with Crippen molar-refractivity contribution in [2.45, 2.75) is 25.9 Å². The summed E-state index contributed by atoms with van der Waals surface area (Å²) in [6.07, 6.45) is 1.51. The van der Waals surface area contributed by atoms with Crippen LogP contribution < -0.4 is 4.74 Å². The summed E-state index contributed by atoms with van der Waals surface area (Å²) in [5.74, 6) is 0.876. The van der Waals surface area contributed by atoms with E-state index in [1.165, 1.54) is 5.56 Å². The molecule has 0 fully saturated rings. The Morgan fingerprint density at radius 3 is 2.38 bits per heavy atom. The standard InChI is InChI=1S/C11H16O2/c1-9(12)3-4-10-5-7-11(13-2)8-6-10/h5-9,12H,3-4H2,1-2H3/t9-/m1/s1. The number of methoxy groups -OCH3 is 1. The Morgan fingerprint density at radius 1 is 1.31 bits per heavy atom. The molecular formula is C11H16O2. The van der Waals surface area contributed by atoms with Gasteiger partial charge in [0, 0.05) is 0 Å². The highest BCUT2D eigenvalue weighted by Crippen LogP contribution is 2.12. The summed E-state index contributed by atoms with van der Waals surface area (Å²) in [6.45, 7) is 1.81. The van der Waals surface area contributed by atoms with Gasteiger partial charge in [0.25, 0.3) is 0 Å². The molecule has 0 amide bonds. The number of hydrogen-bond donors (Lipinski definition) is 1. The molecule has 0 aliphatic rings. The van der Waals surface area contributed by atoms with E-state index in [9.17, 15) is 0 Å². The van der Waals surface area contributed by atoms with Crippen LogP contribution in [0, 0.1) is 0 Å². The van der Waals surface area contributed by atoms with E-state index < -0.39 is 0 Å². The summed E-state index contributed by atoms with van der Waals surface area (Å²) in [7, 11) is 1.66. The number of rotatable bonds is 4. The molecule has 1 aromatic rings. The second kappa shape index (κ2) is 4.87. The van der Waals surface area contributed by atoms with E-state index in [1.807, 2.05) is 31.2 Å². The maximum atomic E-state index is 9.09. The topological polar surface area (TPSA) is 29.5 Å². The maximum absolute atomic E-state index is 9.09. The molecule has 1 atom stereocenters. The van der Waals surface area contributed by atoms with Crippen molar-refractivity contribution in [2.24, 2.45) is 0 Å². The molecule has 0 saturated carbocycles. The molecule has 0 bridgehead atoms. The van der Waals surface area contributed by atoms with Gasteiger partial charge in [-0.25, -0.2) is 0 Å². The highest BCUT2D eigenvalue weighted by Gasteiger charge is 1.97. The van der Waals surface area contributed by atoms with Crippen LogP contribution in [0.5, 0.6) is 5.75 Å². The van der Waals surface area contributed by atoms with E-state index in [4.69, 9.17) is 9.84 Å². The van der Waals surface area contributed by atoms with Gasteiger partial charge in [-0.1, -0.05) is 12.1 Å². The van der Waals surface area contributed by atoms with Crippen molar-refractivity contribution in [3.05, 3.63) is 29.8 Å². The van der Waals surface area contributed by atoms with Crippen molar-refractivity contribution in [1.82, 2.24) is 0 Å². The summed E-state index contributed by atoms with van der Waals surface area (Å²) in [5.41, 5.74) is 1.24. The van der Waals surface area contributed by atoms with Crippen molar-refractivity contribution in [2.75, 3.05) is 7.11 Å². The average Bonchev–Trinajstić information content (AvgIpc) is 2.15. The Bertz CT molecular complexity index is 239. The molecule has 1 rings (SSSR count). The fourth-order valence-electron chi connectivity index (χ4n) is 1.17. The van der Waals surface area contributed by atoms with Crippen LogP contribution >= 0.6 is 0 Å². The first-order chi connectivity index (χ1) is 6.22. The van der Waals surface area contributed by atoms with Gasteiger partial charge in [-0.3, -0.25) is 0 Å². The summed E-state index contributed by atoms with van der Waals surface area (Å²) < 4.78 is 5.05. The fraction of sp³-hybridized carbons (Fsp3) is 0.455. The molecule has 13 heavy (non-hydrogen) atoms. The van der Waals surface area contributed by atoms with E-state index in [0.29, 0.717) is 0 Å². The molecule has 2 heteroatoms. The zero-order valence-corrected chi connectivity index (χ0v) is 8.16. The summed E-state index contributed by atoms with van der Waals surface area (Å²) in [5, 5.41) is 9.09. The van der Waals surface area contributed by atoms with Gasteiger partial charge in [0.05, 0.1) is 13.2 Å². The normalized spacial score (nSPS) is 12.5. The van der Waals surface area contributed by atoms with Crippen LogP contribution in [-0.2, 0) is 6.42 Å². The Balaban J connectivity index is 2.49. The SMILES string of the molecule is COc1ccc(CC[C@@H](C)O)cc1. The van der Waals surface area contributed by atoms with Gasteiger partial charge in [-0.2, -0.15) is 0 Å². The van der Waals surface area contributed by atoms with Crippen LogP contribution in [0.1, 0.15) is 18.9 Å². The third kappa shape index (κ3) is 3.47. The number of benzene rings is 1. The van der Waals surface area contributed by atoms with E-state index in [1.54, 1.807) is 7.11 Å². The zero-order chi connectivity index (χ0) is 9.68. The van der Waals surface area contributed by atoms with E-state index >= 15 is 0 Å². The molecule has 0 unspecified atom stereocenters. The predicted molar refractivity (Wildman–Crippen MR) is 53.0 cm³/mol. The molecule has 0 spiro atoms. The van der Waals surface area contributed by atoms with Crippen LogP contribution in [0.4, 0.5) is 0 Å². The van der Waals surface area contributed by atoms with Gasteiger partial charge < -0.3 is 9.84 Å². The highest BCUT2D eigenvalue weighted by molar-refractivity contribution is 5.27. The molecule has 0 aliphatic carbocycles. The van der Waals surface area contributed by atoms with E-state index in [-0.39, 0.29) is 6.10 Å². The summed E-state index contributed by atoms with van der Waals surface area (Å²) >= 11 is 0. The molecule has 0 radical (unpaired) electrons. The largest absolute Gasteiger partial charge is 0.497 e. The lowest BCUT2D eigenvalue weighted by atomic mass is 10.1. The minimum absolute atomic E-state index is 0.220. The van der Waals surface area contributed by atoms with Crippen molar-refractivity contribution in [3.63, 3.8) is 0 Å². The van der Waals surface area contributed by atoms with Gasteiger partial charge in [0.2, 0.25) is 0 Å². The van der Waals surface area contributed by atoms with Crippen LogP contribution in [0.25, 0.3) is 0 Å². The Kier molecular flexibility index (Phi) is 3.77. The van der Waals surface area contributed by atoms with Crippen LogP contribution in [-0.4, -0.2) is 18.3 Å². The lowest BCUT2D eigenvalue weighted by Crippen LogP contribution is -2.01. The fourth-order valence-corrected chi connectivity index (χ4v) is 1.17. The zero-order valence-electron chi connectivity index (χ0n) is 8.16. The Labute approximate surface area is 79.2 Å². The maximum Gasteiger partial charge on any atom is 0.118 e. The summed E-state index contributed by atoms with van der Waals surface area (Å²) in [4.78, 5) is 0. The number of aliphatic hydroxyl groups is 1. The molecule has 72 valence electrons. The molecule has 0 heterocycles. The molecule has 0 aliphatic heterocycles. The molecule has 2 nitrogen and oxygen atoms in total. The molecule has 1 N–H and O–H groups in total. The first-order valence-corrected chi connectivity index (χ1v) is 4.53. The molecule has 0 saturated heterocycles. The summed E-state index contributed by atoms with van der Waals surface area (Å²) in [6, 6.07) is 7.94. The second-order valence-electron chi connectivity index (χ2n) is 3.24. The second-order valence-corrected chi connectivity index (χ2v) is 3.24.